The molecular weight excluding hydrogens is 586 g/mol. The Kier molecular flexibility index (Phi) is 11.4. The monoisotopic (exact) mass is 627 g/mol. The van der Waals surface area contributed by atoms with E-state index in [0.717, 1.165) is 27.4 Å². The van der Waals surface area contributed by atoms with E-state index in [-0.39, 0.29) is 29.8 Å². The number of hydrogen-bond donors (Lipinski definition) is 1. The number of amides is 2. The summed E-state index contributed by atoms with van der Waals surface area (Å²) in [5.74, 6) is -0.256. The van der Waals surface area contributed by atoms with Gasteiger partial charge in [0, 0.05) is 19.0 Å². The van der Waals surface area contributed by atoms with Crippen molar-refractivity contribution in [3.05, 3.63) is 126 Å². The van der Waals surface area contributed by atoms with Crippen molar-refractivity contribution in [2.24, 2.45) is 0 Å². The van der Waals surface area contributed by atoms with Gasteiger partial charge in [-0.3, -0.25) is 13.9 Å². The number of aryl methyl sites for hydroxylation is 1. The Bertz CT molecular complexity index is 1640. The molecular formula is C36H41N3O5S. The van der Waals surface area contributed by atoms with E-state index in [9.17, 15) is 18.0 Å². The molecule has 0 radical (unpaired) electrons. The Hall–Kier alpha value is -4.63. The number of nitrogens with zero attached hydrogens (tertiary/aromatic N) is 2. The second-order valence-electron chi connectivity index (χ2n) is 11.1. The third-order valence-corrected chi connectivity index (χ3v) is 9.50. The smallest absolute Gasteiger partial charge is 0.264 e. The second-order valence-corrected chi connectivity index (χ2v) is 12.9. The fourth-order valence-corrected chi connectivity index (χ4v) is 6.30. The first-order valence-electron chi connectivity index (χ1n) is 15.0. The zero-order valence-electron chi connectivity index (χ0n) is 26.2. The van der Waals surface area contributed by atoms with Crippen LogP contribution in [0, 0.1) is 6.92 Å². The van der Waals surface area contributed by atoms with Crippen LogP contribution in [0.25, 0.3) is 0 Å². The lowest BCUT2D eigenvalue weighted by Gasteiger charge is -2.34. The van der Waals surface area contributed by atoms with Crippen molar-refractivity contribution in [1.82, 2.24) is 10.2 Å². The highest BCUT2D eigenvalue weighted by Crippen LogP contribution is 2.27. The molecule has 0 spiro atoms. The van der Waals surface area contributed by atoms with Gasteiger partial charge < -0.3 is 15.0 Å². The third kappa shape index (κ3) is 8.73. The lowest BCUT2D eigenvalue weighted by atomic mass is 10.0. The highest BCUT2D eigenvalue weighted by molar-refractivity contribution is 7.92. The Balaban J connectivity index is 1.79. The predicted octanol–water partition coefficient (Wildman–Crippen LogP) is 5.75. The van der Waals surface area contributed by atoms with E-state index in [1.807, 2.05) is 81.4 Å². The largest absolute Gasteiger partial charge is 0.497 e. The number of nitrogens with one attached hydrogen (secondary N) is 1. The maximum atomic E-state index is 14.5. The van der Waals surface area contributed by atoms with Crippen LogP contribution in [0.5, 0.6) is 5.75 Å². The number of carbonyl (C=O) groups is 2. The van der Waals surface area contributed by atoms with Gasteiger partial charge in [-0.25, -0.2) is 8.42 Å². The SMILES string of the molecule is CC[C@@H](C)NC(=O)[C@H](Cc1ccccc1)N(Cc1ccccc1)C(=O)CN(c1ccc(OC)cc1)S(=O)(=O)c1ccc(C)cc1. The second kappa shape index (κ2) is 15.4. The molecule has 0 saturated carbocycles. The molecule has 0 aliphatic carbocycles. The van der Waals surface area contributed by atoms with Gasteiger partial charge in [0.05, 0.1) is 17.7 Å². The molecule has 0 fully saturated rings. The van der Waals surface area contributed by atoms with Gasteiger partial charge in [-0.2, -0.15) is 0 Å². The highest BCUT2D eigenvalue weighted by Gasteiger charge is 2.35. The first-order chi connectivity index (χ1) is 21.6. The number of hydrogen-bond acceptors (Lipinski definition) is 5. The fourth-order valence-electron chi connectivity index (χ4n) is 4.89. The summed E-state index contributed by atoms with van der Waals surface area (Å²) in [5.41, 5.74) is 2.91. The molecule has 4 aromatic carbocycles. The number of anilines is 1. The van der Waals surface area contributed by atoms with Crippen LogP contribution in [0.4, 0.5) is 5.69 Å². The van der Waals surface area contributed by atoms with E-state index in [4.69, 9.17) is 4.74 Å². The van der Waals surface area contributed by atoms with Gasteiger partial charge in [0.1, 0.15) is 18.3 Å². The summed E-state index contributed by atoms with van der Waals surface area (Å²) in [4.78, 5) is 29.9. The Morgan fingerprint density at radius 1 is 0.822 bits per heavy atom. The summed E-state index contributed by atoms with van der Waals surface area (Å²) in [6.45, 7) is 5.37. The summed E-state index contributed by atoms with van der Waals surface area (Å²) in [7, 11) is -2.65. The average Bonchev–Trinajstić information content (AvgIpc) is 3.06. The van der Waals surface area contributed by atoms with Crippen molar-refractivity contribution >= 4 is 27.5 Å². The molecule has 0 heterocycles. The fraction of sp³-hybridized carbons (Fsp3) is 0.278. The number of sulfonamides is 1. The van der Waals surface area contributed by atoms with Crippen LogP contribution in [0.3, 0.4) is 0 Å². The highest BCUT2D eigenvalue weighted by atomic mass is 32.2. The summed E-state index contributed by atoms with van der Waals surface area (Å²) >= 11 is 0. The van der Waals surface area contributed by atoms with Crippen LogP contribution in [0.15, 0.2) is 114 Å². The summed E-state index contributed by atoms with van der Waals surface area (Å²) < 4.78 is 34.7. The number of rotatable bonds is 14. The standard InChI is InChI=1S/C36H41N3O5S/c1-5-28(3)37-36(41)34(24-29-12-8-6-9-13-29)38(25-30-14-10-7-11-15-30)35(40)26-39(31-18-20-32(44-4)21-19-31)45(42,43)33-22-16-27(2)17-23-33/h6-23,28,34H,5,24-26H2,1-4H3,(H,37,41)/t28-,34+/m1/s1. The van der Waals surface area contributed by atoms with Gasteiger partial charge in [-0.1, -0.05) is 85.3 Å². The van der Waals surface area contributed by atoms with Crippen LogP contribution in [-0.4, -0.2) is 50.9 Å². The van der Waals surface area contributed by atoms with E-state index in [1.165, 1.54) is 24.1 Å². The Morgan fingerprint density at radius 3 is 1.96 bits per heavy atom. The van der Waals surface area contributed by atoms with Crippen molar-refractivity contribution in [3.8, 4) is 5.75 Å². The first-order valence-corrected chi connectivity index (χ1v) is 16.5. The zero-order chi connectivity index (χ0) is 32.4. The van der Waals surface area contributed by atoms with E-state index in [1.54, 1.807) is 36.4 Å². The lowest BCUT2D eigenvalue weighted by Crippen LogP contribution is -2.54. The molecule has 0 aromatic heterocycles. The van der Waals surface area contributed by atoms with Crippen LogP contribution in [-0.2, 0) is 32.6 Å². The van der Waals surface area contributed by atoms with Crippen LogP contribution in [0.1, 0.15) is 37.0 Å². The Labute approximate surface area is 266 Å². The molecule has 0 saturated heterocycles. The van der Waals surface area contributed by atoms with E-state index in [0.29, 0.717) is 11.4 Å². The quantitative estimate of drug-likeness (QED) is 0.192. The van der Waals surface area contributed by atoms with Gasteiger partial charge in [0.2, 0.25) is 11.8 Å². The van der Waals surface area contributed by atoms with E-state index < -0.39 is 28.5 Å². The summed E-state index contributed by atoms with van der Waals surface area (Å²) in [5, 5.41) is 3.05. The van der Waals surface area contributed by atoms with Crippen LogP contribution < -0.4 is 14.4 Å². The van der Waals surface area contributed by atoms with Crippen molar-refractivity contribution in [1.29, 1.82) is 0 Å². The maximum absolute atomic E-state index is 14.5. The number of ether oxygens (including phenoxy) is 1. The minimum absolute atomic E-state index is 0.0571. The van der Waals surface area contributed by atoms with Gasteiger partial charge >= 0.3 is 0 Å². The summed E-state index contributed by atoms with van der Waals surface area (Å²) in [6.07, 6.45) is 0.978. The molecule has 2 amide bonds. The third-order valence-electron chi connectivity index (χ3n) is 7.72. The van der Waals surface area contributed by atoms with Gasteiger partial charge in [-0.05, 0) is 67.8 Å². The number of methoxy groups -OCH3 is 1. The molecule has 4 aromatic rings. The predicted molar refractivity (Wildman–Crippen MR) is 178 cm³/mol. The van der Waals surface area contributed by atoms with Crippen LogP contribution >= 0.6 is 0 Å². The van der Waals surface area contributed by atoms with E-state index in [2.05, 4.69) is 5.32 Å². The van der Waals surface area contributed by atoms with Crippen molar-refractivity contribution in [2.75, 3.05) is 18.0 Å². The van der Waals surface area contributed by atoms with Crippen molar-refractivity contribution in [2.45, 2.75) is 57.1 Å². The lowest BCUT2D eigenvalue weighted by molar-refractivity contribution is -0.140. The van der Waals surface area contributed by atoms with Crippen LogP contribution in [0.2, 0.25) is 0 Å². The molecule has 0 aliphatic rings. The minimum atomic E-state index is -4.18. The molecule has 4 rings (SSSR count). The molecule has 236 valence electrons. The maximum Gasteiger partial charge on any atom is 0.264 e. The number of benzene rings is 4. The molecule has 0 bridgehead atoms. The van der Waals surface area contributed by atoms with Crippen molar-refractivity contribution < 1.29 is 22.7 Å². The van der Waals surface area contributed by atoms with Gasteiger partial charge in [0.15, 0.2) is 0 Å². The van der Waals surface area contributed by atoms with Gasteiger partial charge in [0.25, 0.3) is 10.0 Å². The Morgan fingerprint density at radius 2 is 1.40 bits per heavy atom. The zero-order valence-corrected chi connectivity index (χ0v) is 27.0. The first kappa shape index (κ1) is 33.3. The molecule has 0 aliphatic heterocycles. The minimum Gasteiger partial charge on any atom is -0.497 e. The summed E-state index contributed by atoms with van der Waals surface area (Å²) in [6, 6.07) is 30.9. The molecule has 2 atom stereocenters. The molecule has 1 N–H and O–H groups in total. The van der Waals surface area contributed by atoms with Gasteiger partial charge in [-0.15, -0.1) is 0 Å². The topological polar surface area (TPSA) is 96.0 Å². The number of carbonyl (C=O) groups excluding carboxylic acids is 2. The molecule has 0 unspecified atom stereocenters. The average molecular weight is 628 g/mol. The molecule has 8 nitrogen and oxygen atoms in total. The molecule has 45 heavy (non-hydrogen) atoms. The normalized spacial score (nSPS) is 12.5. The van der Waals surface area contributed by atoms with E-state index >= 15 is 0 Å². The molecule has 9 heteroatoms. The van der Waals surface area contributed by atoms with Crippen molar-refractivity contribution in [3.63, 3.8) is 0 Å².